The van der Waals surface area contributed by atoms with Gasteiger partial charge in [-0.3, -0.25) is 4.40 Å². The van der Waals surface area contributed by atoms with Crippen LogP contribution < -0.4 is 5.73 Å². The summed E-state index contributed by atoms with van der Waals surface area (Å²) in [7, 11) is 0. The van der Waals surface area contributed by atoms with E-state index < -0.39 is 17.6 Å². The maximum absolute atomic E-state index is 13.8. The Morgan fingerprint density at radius 2 is 1.81 bits per heavy atom. The maximum atomic E-state index is 13.8. The van der Waals surface area contributed by atoms with E-state index in [2.05, 4.69) is 10.2 Å². The van der Waals surface area contributed by atoms with Gasteiger partial charge in [0.25, 0.3) is 0 Å². The first kappa shape index (κ1) is 13.3. The van der Waals surface area contributed by atoms with Gasteiger partial charge in [-0.05, 0) is 18.2 Å². The molecule has 2 N–H and O–H groups in total. The van der Waals surface area contributed by atoms with Crippen LogP contribution in [0.15, 0.2) is 36.5 Å². The van der Waals surface area contributed by atoms with Crippen molar-refractivity contribution in [1.82, 2.24) is 14.6 Å². The minimum Gasteiger partial charge on any atom is -0.396 e. The first-order chi connectivity index (χ1) is 9.88. The van der Waals surface area contributed by atoms with Crippen molar-refractivity contribution in [3.63, 3.8) is 0 Å². The maximum Gasteiger partial charge on any atom is 0.417 e. The minimum absolute atomic E-state index is 0.0408. The van der Waals surface area contributed by atoms with Gasteiger partial charge in [-0.2, -0.15) is 13.2 Å². The lowest BCUT2D eigenvalue weighted by molar-refractivity contribution is -0.137. The van der Waals surface area contributed by atoms with Crippen LogP contribution in [0.25, 0.3) is 17.0 Å². The molecule has 0 bridgehead atoms. The summed E-state index contributed by atoms with van der Waals surface area (Å²) in [4.78, 5) is 0. The summed E-state index contributed by atoms with van der Waals surface area (Å²) in [6.45, 7) is 0. The van der Waals surface area contributed by atoms with E-state index in [1.807, 2.05) is 0 Å². The van der Waals surface area contributed by atoms with Gasteiger partial charge in [0.2, 0.25) is 0 Å². The Balaban J connectivity index is 2.31. The Kier molecular flexibility index (Phi) is 2.82. The number of nitrogen functional groups attached to an aromatic ring is 1. The van der Waals surface area contributed by atoms with Gasteiger partial charge in [0.15, 0.2) is 11.5 Å². The van der Waals surface area contributed by atoms with Crippen molar-refractivity contribution in [2.24, 2.45) is 0 Å². The molecule has 2 heterocycles. The predicted molar refractivity (Wildman–Crippen MR) is 67.8 cm³/mol. The topological polar surface area (TPSA) is 56.2 Å². The number of fused-ring (bicyclic) bond motifs is 1. The molecule has 8 heteroatoms. The quantitative estimate of drug-likeness (QED) is 0.702. The molecule has 3 aromatic rings. The van der Waals surface area contributed by atoms with E-state index in [1.54, 1.807) is 6.07 Å². The fourth-order valence-corrected chi connectivity index (χ4v) is 2.00. The molecule has 108 valence electrons. The van der Waals surface area contributed by atoms with Crippen LogP contribution in [0.5, 0.6) is 0 Å². The van der Waals surface area contributed by atoms with Gasteiger partial charge in [0.1, 0.15) is 5.82 Å². The van der Waals surface area contributed by atoms with Crippen molar-refractivity contribution in [3.05, 3.63) is 47.9 Å². The van der Waals surface area contributed by atoms with Crippen LogP contribution in [0.4, 0.5) is 23.2 Å². The van der Waals surface area contributed by atoms with Gasteiger partial charge in [0.05, 0.1) is 16.8 Å². The van der Waals surface area contributed by atoms with Crippen LogP contribution >= 0.6 is 0 Å². The highest BCUT2D eigenvalue weighted by atomic mass is 19.4. The standard InChI is InChI=1S/C13H8F4N4/c14-9-4-2-1-3-8(9)11-19-20-12-10(18)5-7(6-21(11)12)13(15,16)17/h1-6H,18H2. The Hall–Kier alpha value is -2.64. The molecule has 4 nitrogen and oxygen atoms in total. The molecule has 0 saturated carbocycles. The lowest BCUT2D eigenvalue weighted by Crippen LogP contribution is -2.08. The van der Waals surface area contributed by atoms with Gasteiger partial charge in [0, 0.05) is 6.20 Å². The second-order valence-corrected chi connectivity index (χ2v) is 4.38. The SMILES string of the molecule is Nc1cc(C(F)(F)F)cn2c(-c3ccccc3F)nnc12. The number of nitrogens with two attached hydrogens (primary N) is 1. The third-order valence-electron chi connectivity index (χ3n) is 2.98. The number of pyridine rings is 1. The fourth-order valence-electron chi connectivity index (χ4n) is 2.00. The lowest BCUT2D eigenvalue weighted by atomic mass is 10.2. The van der Waals surface area contributed by atoms with E-state index in [0.717, 1.165) is 16.7 Å². The van der Waals surface area contributed by atoms with Gasteiger partial charge < -0.3 is 5.73 Å². The number of hydrogen-bond acceptors (Lipinski definition) is 3. The first-order valence-corrected chi connectivity index (χ1v) is 5.84. The van der Waals surface area contributed by atoms with Gasteiger partial charge in [-0.15, -0.1) is 10.2 Å². The summed E-state index contributed by atoms with van der Waals surface area (Å²) in [5, 5.41) is 7.45. The van der Waals surface area contributed by atoms with Crippen LogP contribution in [0, 0.1) is 5.82 Å². The van der Waals surface area contributed by atoms with E-state index in [1.165, 1.54) is 18.2 Å². The third kappa shape index (κ3) is 2.18. The van der Waals surface area contributed by atoms with Crippen molar-refractivity contribution in [2.75, 3.05) is 5.73 Å². The average Bonchev–Trinajstić information content (AvgIpc) is 2.82. The molecular formula is C13H8F4N4. The number of rotatable bonds is 1. The highest BCUT2D eigenvalue weighted by molar-refractivity contribution is 5.70. The zero-order chi connectivity index (χ0) is 15.2. The molecule has 0 aliphatic heterocycles. The number of hydrogen-bond donors (Lipinski definition) is 1. The third-order valence-corrected chi connectivity index (χ3v) is 2.98. The van der Waals surface area contributed by atoms with E-state index >= 15 is 0 Å². The summed E-state index contributed by atoms with van der Waals surface area (Å²) < 4.78 is 53.3. The molecule has 0 aliphatic rings. The number of anilines is 1. The molecule has 1 aromatic carbocycles. The second kappa shape index (κ2) is 4.44. The van der Waals surface area contributed by atoms with Crippen molar-refractivity contribution in [3.8, 4) is 11.4 Å². The number of alkyl halides is 3. The molecule has 0 radical (unpaired) electrons. The van der Waals surface area contributed by atoms with Crippen molar-refractivity contribution < 1.29 is 17.6 Å². The van der Waals surface area contributed by atoms with Gasteiger partial charge in [-0.25, -0.2) is 4.39 Å². The van der Waals surface area contributed by atoms with E-state index in [-0.39, 0.29) is 22.7 Å². The van der Waals surface area contributed by atoms with E-state index in [0.29, 0.717) is 0 Å². The molecule has 0 spiro atoms. The molecule has 0 fully saturated rings. The predicted octanol–water partition coefficient (Wildman–Crippen LogP) is 3.14. The van der Waals surface area contributed by atoms with E-state index in [9.17, 15) is 17.6 Å². The molecule has 0 unspecified atom stereocenters. The second-order valence-electron chi connectivity index (χ2n) is 4.38. The summed E-state index contributed by atoms with van der Waals surface area (Å²) in [6.07, 6.45) is -3.77. The monoisotopic (exact) mass is 296 g/mol. The first-order valence-electron chi connectivity index (χ1n) is 5.84. The van der Waals surface area contributed by atoms with Crippen LogP contribution in [0.3, 0.4) is 0 Å². The zero-order valence-corrected chi connectivity index (χ0v) is 10.4. The van der Waals surface area contributed by atoms with Crippen LogP contribution in [-0.4, -0.2) is 14.6 Å². The molecule has 0 amide bonds. The number of benzene rings is 1. The largest absolute Gasteiger partial charge is 0.417 e. The van der Waals surface area contributed by atoms with Crippen molar-refractivity contribution >= 4 is 11.3 Å². The normalized spacial score (nSPS) is 12.0. The number of aromatic nitrogens is 3. The van der Waals surface area contributed by atoms with Crippen molar-refractivity contribution in [1.29, 1.82) is 0 Å². The smallest absolute Gasteiger partial charge is 0.396 e. The molecule has 3 rings (SSSR count). The highest BCUT2D eigenvalue weighted by Gasteiger charge is 2.32. The minimum atomic E-state index is -4.57. The molecule has 0 atom stereocenters. The molecule has 2 aromatic heterocycles. The van der Waals surface area contributed by atoms with Crippen LogP contribution in [0.1, 0.15) is 5.56 Å². The Morgan fingerprint density at radius 1 is 1.10 bits per heavy atom. The lowest BCUT2D eigenvalue weighted by Gasteiger charge is -2.09. The zero-order valence-electron chi connectivity index (χ0n) is 10.4. The molecule has 0 aliphatic carbocycles. The molecule has 0 saturated heterocycles. The summed E-state index contributed by atoms with van der Waals surface area (Å²) >= 11 is 0. The van der Waals surface area contributed by atoms with Crippen LogP contribution in [-0.2, 0) is 6.18 Å². The summed E-state index contributed by atoms with van der Waals surface area (Å²) in [5.41, 5.74) is 4.52. The number of halogens is 4. The van der Waals surface area contributed by atoms with Crippen molar-refractivity contribution in [2.45, 2.75) is 6.18 Å². The molecular weight excluding hydrogens is 288 g/mol. The number of nitrogens with zero attached hydrogens (tertiary/aromatic N) is 3. The molecule has 21 heavy (non-hydrogen) atoms. The fraction of sp³-hybridized carbons (Fsp3) is 0.0769. The van der Waals surface area contributed by atoms with Gasteiger partial charge in [-0.1, -0.05) is 12.1 Å². The summed E-state index contributed by atoms with van der Waals surface area (Å²) in [5.74, 6) is -0.649. The Morgan fingerprint density at radius 3 is 2.48 bits per heavy atom. The Labute approximate surface area is 115 Å². The highest BCUT2D eigenvalue weighted by Crippen LogP contribution is 2.32. The average molecular weight is 296 g/mol. The summed E-state index contributed by atoms with van der Waals surface area (Å²) in [6, 6.07) is 6.39. The Bertz CT molecular complexity index is 823. The van der Waals surface area contributed by atoms with Crippen LogP contribution in [0.2, 0.25) is 0 Å². The van der Waals surface area contributed by atoms with Gasteiger partial charge >= 0.3 is 6.18 Å². The van der Waals surface area contributed by atoms with E-state index in [4.69, 9.17) is 5.73 Å².